The maximum absolute atomic E-state index is 11.9. The van der Waals surface area contributed by atoms with Gasteiger partial charge in [0.05, 0.1) is 48.9 Å². The highest BCUT2D eigenvalue weighted by atomic mass is 35.5. The first kappa shape index (κ1) is 28.9. The highest BCUT2D eigenvalue weighted by Gasteiger charge is 2.31. The number of carbonyl (C=O) groups is 1. The van der Waals surface area contributed by atoms with E-state index in [-0.39, 0.29) is 17.7 Å². The van der Waals surface area contributed by atoms with Gasteiger partial charge in [0.2, 0.25) is 0 Å². The Kier molecular flexibility index (Phi) is 7.62. The molecule has 2 aliphatic rings. The van der Waals surface area contributed by atoms with Gasteiger partial charge in [0.1, 0.15) is 40.8 Å². The van der Waals surface area contributed by atoms with Gasteiger partial charge < -0.3 is 28.5 Å². The van der Waals surface area contributed by atoms with E-state index in [9.17, 15) is 9.90 Å². The summed E-state index contributed by atoms with van der Waals surface area (Å²) in [6, 6.07) is 14.5. The number of benzene rings is 3. The Labute approximate surface area is 263 Å². The Morgan fingerprint density at radius 2 is 1.89 bits per heavy atom. The molecule has 1 saturated heterocycles. The molecule has 44 heavy (non-hydrogen) atoms. The Morgan fingerprint density at radius 1 is 1.07 bits per heavy atom. The predicted molar refractivity (Wildman–Crippen MR) is 167 cm³/mol. The lowest BCUT2D eigenvalue weighted by Crippen LogP contribution is -2.38. The van der Waals surface area contributed by atoms with Crippen LogP contribution in [0, 0.1) is 0 Å². The summed E-state index contributed by atoms with van der Waals surface area (Å²) in [5, 5.41) is 10.9. The van der Waals surface area contributed by atoms with Crippen LogP contribution in [-0.2, 0) is 31.0 Å². The second-order valence-electron chi connectivity index (χ2n) is 11.2. The summed E-state index contributed by atoms with van der Waals surface area (Å²) in [6.07, 6.45) is 1.02. The van der Waals surface area contributed by atoms with Crippen molar-refractivity contribution in [3.8, 4) is 11.5 Å². The molecule has 7 rings (SSSR count). The number of ether oxygens (including phenoxy) is 3. The summed E-state index contributed by atoms with van der Waals surface area (Å²) in [4.78, 5) is 24.3. The largest absolute Gasteiger partial charge is 0.494 e. The number of aromatic nitrogens is 4. The number of methoxy groups -OCH3 is 1. The predicted octanol–water partition coefficient (Wildman–Crippen LogP) is 6.34. The van der Waals surface area contributed by atoms with Crippen molar-refractivity contribution in [3.63, 3.8) is 0 Å². The summed E-state index contributed by atoms with van der Waals surface area (Å²) in [7, 11) is 1.54. The van der Waals surface area contributed by atoms with Crippen molar-refractivity contribution in [2.24, 2.45) is 0 Å². The fraction of sp³-hybridized carbons (Fsp3) is 0.344. The standard InChI is InChI=1S/C32H31Cl2N5O5/c1-18-31-36-29-24(4-3-5-26(29)44-17-19-6-7-21(33)14-23(19)34)38(31)10-9-37(18)16-28-35-30-25(39(28)15-22-8-11-43-22)12-20(32(40)41)13-27(30)42-2/h3-7,12-14,18,22H,8-11,15-17H2,1-2H3,(H,40,41)/t18-,22+/m1/s1. The zero-order valence-corrected chi connectivity index (χ0v) is 25.8. The van der Waals surface area contributed by atoms with Crippen molar-refractivity contribution in [2.45, 2.75) is 51.7 Å². The lowest BCUT2D eigenvalue weighted by Gasteiger charge is -2.34. The van der Waals surface area contributed by atoms with E-state index >= 15 is 0 Å². The smallest absolute Gasteiger partial charge is 0.335 e. The first-order valence-corrected chi connectivity index (χ1v) is 15.3. The van der Waals surface area contributed by atoms with Gasteiger partial charge in [-0.15, -0.1) is 0 Å². The fourth-order valence-corrected chi connectivity index (χ4v) is 6.53. The molecule has 3 aromatic carbocycles. The van der Waals surface area contributed by atoms with E-state index in [1.54, 1.807) is 18.2 Å². The molecule has 2 aromatic heterocycles. The van der Waals surface area contributed by atoms with Gasteiger partial charge in [0, 0.05) is 35.3 Å². The molecule has 2 atom stereocenters. The number of aromatic carboxylic acids is 1. The molecule has 0 spiro atoms. The van der Waals surface area contributed by atoms with E-state index in [1.165, 1.54) is 13.2 Å². The van der Waals surface area contributed by atoms with Gasteiger partial charge in [0.25, 0.3) is 0 Å². The monoisotopic (exact) mass is 635 g/mol. The van der Waals surface area contributed by atoms with Crippen LogP contribution in [0.3, 0.4) is 0 Å². The zero-order valence-electron chi connectivity index (χ0n) is 24.3. The van der Waals surface area contributed by atoms with Crippen LogP contribution in [0.1, 0.15) is 47.0 Å². The molecule has 0 radical (unpaired) electrons. The van der Waals surface area contributed by atoms with Gasteiger partial charge in [-0.25, -0.2) is 14.8 Å². The third kappa shape index (κ3) is 5.15. The summed E-state index contributed by atoms with van der Waals surface area (Å²) in [5.74, 6) is 1.90. The minimum Gasteiger partial charge on any atom is -0.494 e. The maximum atomic E-state index is 11.9. The summed E-state index contributed by atoms with van der Waals surface area (Å²) >= 11 is 12.4. The van der Waals surface area contributed by atoms with Gasteiger partial charge >= 0.3 is 5.97 Å². The van der Waals surface area contributed by atoms with Gasteiger partial charge in [-0.1, -0.05) is 35.3 Å². The SMILES string of the molecule is COc1cc(C(=O)O)cc2c1nc(CN1CCn3c(nc4c(OCc5ccc(Cl)cc5Cl)cccc43)[C@H]1C)n2C[C@@H]1CCO1. The van der Waals surface area contributed by atoms with Crippen molar-refractivity contribution in [3.05, 3.63) is 81.4 Å². The molecule has 5 aromatic rings. The number of nitrogens with zero attached hydrogens (tertiary/aromatic N) is 5. The van der Waals surface area contributed by atoms with Gasteiger partial charge in [-0.3, -0.25) is 4.90 Å². The summed E-state index contributed by atoms with van der Waals surface area (Å²) in [5.41, 5.74) is 4.21. The molecular weight excluding hydrogens is 605 g/mol. The molecule has 10 nitrogen and oxygen atoms in total. The number of para-hydroxylation sites is 1. The van der Waals surface area contributed by atoms with E-state index in [2.05, 4.69) is 27.0 Å². The number of rotatable bonds is 9. The quantitative estimate of drug-likeness (QED) is 0.200. The van der Waals surface area contributed by atoms with Crippen molar-refractivity contribution in [2.75, 3.05) is 20.3 Å². The van der Waals surface area contributed by atoms with Crippen LogP contribution in [0.2, 0.25) is 10.0 Å². The number of carboxylic acids is 1. The van der Waals surface area contributed by atoms with Crippen LogP contribution < -0.4 is 9.47 Å². The average molecular weight is 637 g/mol. The van der Waals surface area contributed by atoms with E-state index in [0.717, 1.165) is 59.9 Å². The van der Waals surface area contributed by atoms with E-state index < -0.39 is 5.97 Å². The van der Waals surface area contributed by atoms with Crippen LogP contribution >= 0.6 is 23.2 Å². The van der Waals surface area contributed by atoms with Crippen molar-refractivity contribution in [1.82, 2.24) is 24.0 Å². The van der Waals surface area contributed by atoms with Crippen molar-refractivity contribution < 1.29 is 24.1 Å². The van der Waals surface area contributed by atoms with Crippen LogP contribution in [0.25, 0.3) is 22.1 Å². The van der Waals surface area contributed by atoms with E-state index in [1.807, 2.05) is 18.2 Å². The molecule has 228 valence electrons. The Bertz CT molecular complexity index is 1900. The van der Waals surface area contributed by atoms with Crippen LogP contribution in [-0.4, -0.2) is 61.4 Å². The van der Waals surface area contributed by atoms with Crippen molar-refractivity contribution >= 4 is 51.2 Å². The Morgan fingerprint density at radius 3 is 2.61 bits per heavy atom. The highest BCUT2D eigenvalue weighted by molar-refractivity contribution is 6.35. The number of hydrogen-bond acceptors (Lipinski definition) is 7. The second-order valence-corrected chi connectivity index (χ2v) is 12.0. The first-order valence-electron chi connectivity index (χ1n) is 14.5. The minimum atomic E-state index is -1.01. The van der Waals surface area contributed by atoms with Gasteiger partial charge in [0.15, 0.2) is 0 Å². The fourth-order valence-electron chi connectivity index (χ4n) is 6.06. The highest BCUT2D eigenvalue weighted by Crippen LogP contribution is 2.36. The number of fused-ring (bicyclic) bond motifs is 4. The number of halogens is 2. The second kappa shape index (κ2) is 11.6. The molecule has 0 unspecified atom stereocenters. The summed E-state index contributed by atoms with van der Waals surface area (Å²) in [6.45, 7) is 5.86. The first-order chi connectivity index (χ1) is 21.3. The Hall–Kier alpha value is -3.83. The number of imidazole rings is 2. The van der Waals surface area contributed by atoms with Gasteiger partial charge in [-0.2, -0.15) is 0 Å². The third-order valence-corrected chi connectivity index (χ3v) is 9.18. The van der Waals surface area contributed by atoms with Crippen LogP contribution in [0.4, 0.5) is 0 Å². The lowest BCUT2D eigenvalue weighted by molar-refractivity contribution is -0.0592. The molecular formula is C32H31Cl2N5O5. The summed E-state index contributed by atoms with van der Waals surface area (Å²) < 4.78 is 21.9. The molecule has 0 saturated carbocycles. The number of carboxylic acid groups (broad SMARTS) is 1. The molecule has 12 heteroatoms. The third-order valence-electron chi connectivity index (χ3n) is 8.59. The molecule has 0 bridgehead atoms. The molecule has 4 heterocycles. The van der Waals surface area contributed by atoms with E-state index in [0.29, 0.717) is 46.8 Å². The minimum absolute atomic E-state index is 0.0144. The molecule has 0 aliphatic carbocycles. The van der Waals surface area contributed by atoms with E-state index in [4.69, 9.17) is 47.4 Å². The topological polar surface area (TPSA) is 104 Å². The van der Waals surface area contributed by atoms with Crippen LogP contribution in [0.5, 0.6) is 11.5 Å². The number of hydrogen-bond donors (Lipinski definition) is 1. The van der Waals surface area contributed by atoms with Crippen LogP contribution in [0.15, 0.2) is 48.5 Å². The average Bonchev–Trinajstić information content (AvgIpc) is 3.54. The molecule has 1 N–H and O–H groups in total. The van der Waals surface area contributed by atoms with Crippen molar-refractivity contribution in [1.29, 1.82) is 0 Å². The molecule has 0 amide bonds. The Balaban J connectivity index is 1.19. The molecule has 1 fully saturated rings. The molecule has 2 aliphatic heterocycles. The lowest BCUT2D eigenvalue weighted by atomic mass is 10.1. The zero-order chi connectivity index (χ0) is 30.5. The van der Waals surface area contributed by atoms with Gasteiger partial charge in [-0.05, 0) is 49.7 Å². The maximum Gasteiger partial charge on any atom is 0.335 e. The normalized spacial score (nSPS) is 18.4.